The van der Waals surface area contributed by atoms with Crippen LogP contribution < -0.4 is 5.73 Å². The molecule has 0 radical (unpaired) electrons. The Balaban J connectivity index is 3.56. The van der Waals surface area contributed by atoms with Gasteiger partial charge in [-0.15, -0.1) is 0 Å². The van der Waals surface area contributed by atoms with Crippen molar-refractivity contribution in [1.29, 1.82) is 0 Å². The van der Waals surface area contributed by atoms with Crippen molar-refractivity contribution < 1.29 is 14.6 Å². The highest BCUT2D eigenvalue weighted by Gasteiger charge is 2.14. The summed E-state index contributed by atoms with van der Waals surface area (Å²) in [5.74, 6) is -0.975. The van der Waals surface area contributed by atoms with Crippen LogP contribution in [0.1, 0.15) is 20.3 Å². The highest BCUT2D eigenvalue weighted by atomic mass is 16.5. The molecule has 0 bridgehead atoms. The molecular formula is C7H15NO3. The second kappa shape index (κ2) is 5.09. The van der Waals surface area contributed by atoms with Crippen LogP contribution in [0.4, 0.5) is 0 Å². The highest BCUT2D eigenvalue weighted by Crippen LogP contribution is 2.00. The predicted molar refractivity (Wildman–Crippen MR) is 41.3 cm³/mol. The number of carbonyl (C=O) groups is 1. The number of carboxylic acid groups (broad SMARTS) is 1. The van der Waals surface area contributed by atoms with Crippen LogP contribution in [0.15, 0.2) is 0 Å². The summed E-state index contributed by atoms with van der Waals surface area (Å²) in [4.78, 5) is 10.3. The lowest BCUT2D eigenvalue weighted by Gasteiger charge is -2.13. The molecule has 0 aliphatic rings. The molecule has 11 heavy (non-hydrogen) atoms. The molecule has 2 unspecified atom stereocenters. The van der Waals surface area contributed by atoms with E-state index < -0.39 is 12.0 Å². The van der Waals surface area contributed by atoms with Crippen molar-refractivity contribution in [3.8, 4) is 0 Å². The Labute approximate surface area is 66.3 Å². The highest BCUT2D eigenvalue weighted by molar-refractivity contribution is 5.73. The lowest BCUT2D eigenvalue weighted by Crippen LogP contribution is -2.33. The minimum atomic E-state index is -0.975. The molecule has 0 aliphatic heterocycles. The molecule has 0 aromatic rings. The van der Waals surface area contributed by atoms with Crippen LogP contribution in [-0.2, 0) is 9.53 Å². The molecule has 66 valence electrons. The Kier molecular flexibility index (Phi) is 4.81. The minimum absolute atomic E-state index is 0.0777. The maximum absolute atomic E-state index is 10.3. The molecule has 0 spiro atoms. The molecule has 0 rings (SSSR count). The molecule has 3 N–H and O–H groups in total. The lowest BCUT2D eigenvalue weighted by atomic mass is 10.1. The monoisotopic (exact) mass is 161 g/mol. The number of aliphatic carboxylic acids is 1. The first kappa shape index (κ1) is 10.4. The fraction of sp³-hybridized carbons (Fsp3) is 0.857. The lowest BCUT2D eigenvalue weighted by molar-refractivity contribution is -0.139. The van der Waals surface area contributed by atoms with E-state index in [4.69, 9.17) is 15.6 Å². The summed E-state index contributed by atoms with van der Waals surface area (Å²) in [6, 6.07) is -0.809. The number of nitrogens with two attached hydrogens (primary N) is 1. The average Bonchev–Trinajstić information content (AvgIpc) is 1.87. The first-order valence-electron chi connectivity index (χ1n) is 3.68. The molecular weight excluding hydrogens is 146 g/mol. The fourth-order valence-electron chi connectivity index (χ4n) is 0.811. The van der Waals surface area contributed by atoms with Gasteiger partial charge >= 0.3 is 5.97 Å². The smallest absolute Gasteiger partial charge is 0.320 e. The van der Waals surface area contributed by atoms with Gasteiger partial charge in [-0.1, -0.05) is 0 Å². The van der Waals surface area contributed by atoms with Gasteiger partial charge in [0.05, 0.1) is 6.10 Å². The van der Waals surface area contributed by atoms with Crippen LogP contribution in [0.2, 0.25) is 0 Å². The third kappa shape index (κ3) is 4.75. The summed E-state index contributed by atoms with van der Waals surface area (Å²) in [5, 5.41) is 8.42. The third-order valence-electron chi connectivity index (χ3n) is 1.35. The zero-order chi connectivity index (χ0) is 8.85. The van der Waals surface area contributed by atoms with Gasteiger partial charge in [0.15, 0.2) is 0 Å². The normalized spacial score (nSPS) is 15.9. The molecule has 0 aliphatic carbocycles. The van der Waals surface area contributed by atoms with Gasteiger partial charge in [0, 0.05) is 6.61 Å². The summed E-state index contributed by atoms with van der Waals surface area (Å²) in [6.45, 7) is 4.27. The maximum atomic E-state index is 10.3. The van der Waals surface area contributed by atoms with E-state index >= 15 is 0 Å². The van der Waals surface area contributed by atoms with Crippen molar-refractivity contribution in [2.24, 2.45) is 5.73 Å². The van der Waals surface area contributed by atoms with Gasteiger partial charge in [-0.2, -0.15) is 0 Å². The molecule has 0 heterocycles. The van der Waals surface area contributed by atoms with E-state index in [0.29, 0.717) is 13.0 Å². The van der Waals surface area contributed by atoms with Gasteiger partial charge in [0.2, 0.25) is 0 Å². The number of hydrogen-bond donors (Lipinski definition) is 2. The summed E-state index contributed by atoms with van der Waals surface area (Å²) < 4.78 is 5.12. The molecule has 0 aromatic heterocycles. The summed E-state index contributed by atoms with van der Waals surface area (Å²) in [5.41, 5.74) is 5.27. The van der Waals surface area contributed by atoms with Gasteiger partial charge in [-0.3, -0.25) is 4.79 Å². The molecule has 0 saturated carbocycles. The molecule has 0 fully saturated rings. The van der Waals surface area contributed by atoms with Crippen molar-refractivity contribution >= 4 is 5.97 Å². The van der Waals surface area contributed by atoms with E-state index in [2.05, 4.69) is 0 Å². The van der Waals surface area contributed by atoms with E-state index in [0.717, 1.165) is 0 Å². The van der Waals surface area contributed by atoms with Crippen LogP contribution in [0.3, 0.4) is 0 Å². The number of ether oxygens (including phenoxy) is 1. The van der Waals surface area contributed by atoms with Crippen LogP contribution in [-0.4, -0.2) is 29.8 Å². The van der Waals surface area contributed by atoms with Crippen LogP contribution in [0, 0.1) is 0 Å². The standard InChI is InChI=1S/C7H15NO3/c1-3-11-5(2)4-6(8)7(9)10/h5-6H,3-4,8H2,1-2H3,(H,9,10). The Morgan fingerprint density at radius 3 is 2.64 bits per heavy atom. The second-order valence-corrected chi connectivity index (χ2v) is 2.45. The second-order valence-electron chi connectivity index (χ2n) is 2.45. The van der Waals surface area contributed by atoms with Gasteiger partial charge < -0.3 is 15.6 Å². The Morgan fingerprint density at radius 1 is 1.73 bits per heavy atom. The Bertz CT molecular complexity index is 127. The van der Waals surface area contributed by atoms with Crippen molar-refractivity contribution in [2.75, 3.05) is 6.61 Å². The van der Waals surface area contributed by atoms with Gasteiger partial charge in [0.25, 0.3) is 0 Å². The first-order chi connectivity index (χ1) is 5.07. The topological polar surface area (TPSA) is 72.5 Å². The van der Waals surface area contributed by atoms with Crippen LogP contribution in [0.25, 0.3) is 0 Å². The molecule has 4 heteroatoms. The Morgan fingerprint density at radius 2 is 2.27 bits per heavy atom. The molecule has 4 nitrogen and oxygen atoms in total. The largest absolute Gasteiger partial charge is 0.480 e. The maximum Gasteiger partial charge on any atom is 0.320 e. The number of rotatable bonds is 5. The van der Waals surface area contributed by atoms with Crippen LogP contribution >= 0.6 is 0 Å². The van der Waals surface area contributed by atoms with E-state index in [1.54, 1.807) is 0 Å². The van der Waals surface area contributed by atoms with Crippen molar-refractivity contribution in [2.45, 2.75) is 32.4 Å². The van der Waals surface area contributed by atoms with E-state index in [1.165, 1.54) is 0 Å². The number of hydrogen-bond acceptors (Lipinski definition) is 3. The SMILES string of the molecule is CCOC(C)CC(N)C(=O)O. The molecule has 2 atom stereocenters. The van der Waals surface area contributed by atoms with Crippen molar-refractivity contribution in [1.82, 2.24) is 0 Å². The Hall–Kier alpha value is -0.610. The van der Waals surface area contributed by atoms with E-state index in [9.17, 15) is 4.79 Å². The summed E-state index contributed by atoms with van der Waals surface area (Å²) >= 11 is 0. The van der Waals surface area contributed by atoms with Crippen LogP contribution in [0.5, 0.6) is 0 Å². The molecule has 0 aromatic carbocycles. The quantitative estimate of drug-likeness (QED) is 0.604. The molecule has 0 saturated heterocycles. The van der Waals surface area contributed by atoms with Gasteiger partial charge in [-0.25, -0.2) is 0 Å². The van der Waals surface area contributed by atoms with Gasteiger partial charge in [0.1, 0.15) is 6.04 Å². The zero-order valence-corrected chi connectivity index (χ0v) is 6.91. The van der Waals surface area contributed by atoms with Crippen molar-refractivity contribution in [3.63, 3.8) is 0 Å². The predicted octanol–water partition coefficient (Wildman–Crippen LogP) is 0.213. The van der Waals surface area contributed by atoms with E-state index in [1.807, 2.05) is 13.8 Å². The summed E-state index contributed by atoms with van der Waals surface area (Å²) in [6.07, 6.45) is 0.287. The first-order valence-corrected chi connectivity index (χ1v) is 3.68. The van der Waals surface area contributed by atoms with Crippen molar-refractivity contribution in [3.05, 3.63) is 0 Å². The zero-order valence-electron chi connectivity index (χ0n) is 6.91. The minimum Gasteiger partial charge on any atom is -0.480 e. The average molecular weight is 161 g/mol. The third-order valence-corrected chi connectivity index (χ3v) is 1.35. The summed E-state index contributed by atoms with van der Waals surface area (Å²) in [7, 11) is 0. The number of carboxylic acids is 1. The van der Waals surface area contributed by atoms with E-state index in [-0.39, 0.29) is 6.10 Å². The molecule has 0 amide bonds. The van der Waals surface area contributed by atoms with Gasteiger partial charge in [-0.05, 0) is 20.3 Å². The fourth-order valence-corrected chi connectivity index (χ4v) is 0.811.